The number of nitrogens with zero attached hydrogens (tertiary/aromatic N) is 1. The quantitative estimate of drug-likeness (QED) is 0.822. The van der Waals surface area contributed by atoms with E-state index in [2.05, 4.69) is 40.2 Å². The topological polar surface area (TPSA) is 29.3 Å². The van der Waals surface area contributed by atoms with E-state index in [1.54, 1.807) is 0 Å². The predicted molar refractivity (Wildman–Crippen MR) is 61.8 cm³/mol. The second-order valence-corrected chi connectivity index (χ2v) is 4.78. The highest BCUT2D eigenvalue weighted by Crippen LogP contribution is 2.19. The minimum Gasteiger partial charge on any atom is -0.269 e. The maximum Gasteiger partial charge on any atom is 0.0282 e. The standard InChI is InChI=1S/C11H15BrN2/c12-10-5-3-9(4-6-10)8-11-2-1-7-14(11)13/h3-6,11H,1-2,7-8,13H2. The van der Waals surface area contributed by atoms with Crippen LogP contribution >= 0.6 is 15.9 Å². The molecule has 1 aliphatic heterocycles. The van der Waals surface area contributed by atoms with Crippen molar-refractivity contribution in [2.75, 3.05) is 6.54 Å². The van der Waals surface area contributed by atoms with Crippen molar-refractivity contribution in [3.63, 3.8) is 0 Å². The third-order valence-corrected chi connectivity index (χ3v) is 3.34. The van der Waals surface area contributed by atoms with Gasteiger partial charge in [-0.3, -0.25) is 5.84 Å². The van der Waals surface area contributed by atoms with Crippen LogP contribution in [-0.4, -0.2) is 17.6 Å². The van der Waals surface area contributed by atoms with Crippen LogP contribution in [0.2, 0.25) is 0 Å². The van der Waals surface area contributed by atoms with Crippen LogP contribution < -0.4 is 5.84 Å². The fraction of sp³-hybridized carbons (Fsp3) is 0.455. The number of hydrogen-bond acceptors (Lipinski definition) is 2. The molecule has 2 rings (SSSR count). The molecule has 0 spiro atoms. The largest absolute Gasteiger partial charge is 0.269 e. The van der Waals surface area contributed by atoms with Crippen LogP contribution in [0.15, 0.2) is 28.7 Å². The molecule has 14 heavy (non-hydrogen) atoms. The van der Waals surface area contributed by atoms with E-state index in [4.69, 9.17) is 5.84 Å². The summed E-state index contributed by atoms with van der Waals surface area (Å²) in [4.78, 5) is 0. The van der Waals surface area contributed by atoms with E-state index in [1.165, 1.54) is 18.4 Å². The van der Waals surface area contributed by atoms with Gasteiger partial charge in [0, 0.05) is 17.1 Å². The lowest BCUT2D eigenvalue weighted by atomic mass is 10.0. The molecule has 0 radical (unpaired) electrons. The van der Waals surface area contributed by atoms with Gasteiger partial charge in [-0.1, -0.05) is 28.1 Å². The van der Waals surface area contributed by atoms with Crippen LogP contribution in [0.25, 0.3) is 0 Å². The summed E-state index contributed by atoms with van der Waals surface area (Å²) in [5, 5.41) is 1.97. The van der Waals surface area contributed by atoms with Crippen LogP contribution in [0.5, 0.6) is 0 Å². The maximum absolute atomic E-state index is 5.88. The molecule has 0 bridgehead atoms. The Morgan fingerprint density at radius 1 is 1.36 bits per heavy atom. The monoisotopic (exact) mass is 254 g/mol. The molecule has 3 heteroatoms. The van der Waals surface area contributed by atoms with Crippen LogP contribution in [-0.2, 0) is 6.42 Å². The maximum atomic E-state index is 5.88. The molecular weight excluding hydrogens is 240 g/mol. The molecule has 1 heterocycles. The van der Waals surface area contributed by atoms with Gasteiger partial charge in [0.05, 0.1) is 0 Å². The fourth-order valence-electron chi connectivity index (χ4n) is 1.97. The molecule has 1 aliphatic rings. The smallest absolute Gasteiger partial charge is 0.0282 e. The van der Waals surface area contributed by atoms with Crippen molar-refractivity contribution in [3.8, 4) is 0 Å². The predicted octanol–water partition coefficient (Wildman–Crippen LogP) is 2.33. The zero-order valence-electron chi connectivity index (χ0n) is 8.12. The van der Waals surface area contributed by atoms with Gasteiger partial charge in [0.1, 0.15) is 0 Å². The Morgan fingerprint density at radius 2 is 2.07 bits per heavy atom. The Labute approximate surface area is 93.2 Å². The molecular formula is C11H15BrN2. The average molecular weight is 255 g/mol. The first kappa shape index (κ1) is 10.1. The Kier molecular flexibility index (Phi) is 3.21. The second-order valence-electron chi connectivity index (χ2n) is 3.86. The van der Waals surface area contributed by atoms with Crippen molar-refractivity contribution in [1.82, 2.24) is 5.01 Å². The molecule has 0 saturated carbocycles. The number of hydrazine groups is 1. The SMILES string of the molecule is NN1CCCC1Cc1ccc(Br)cc1. The third-order valence-electron chi connectivity index (χ3n) is 2.81. The number of hydrogen-bond donors (Lipinski definition) is 1. The Hall–Kier alpha value is -0.380. The van der Waals surface area contributed by atoms with Gasteiger partial charge in [0.2, 0.25) is 0 Å². The lowest BCUT2D eigenvalue weighted by Gasteiger charge is -2.18. The summed E-state index contributed by atoms with van der Waals surface area (Å²) >= 11 is 3.43. The van der Waals surface area contributed by atoms with Gasteiger partial charge in [-0.25, -0.2) is 5.01 Å². The van der Waals surface area contributed by atoms with E-state index in [-0.39, 0.29) is 0 Å². The van der Waals surface area contributed by atoms with Crippen LogP contribution in [0.3, 0.4) is 0 Å². The van der Waals surface area contributed by atoms with E-state index >= 15 is 0 Å². The highest BCUT2D eigenvalue weighted by molar-refractivity contribution is 9.10. The van der Waals surface area contributed by atoms with Gasteiger partial charge in [-0.2, -0.15) is 0 Å². The molecule has 1 saturated heterocycles. The Bertz CT molecular complexity index is 297. The summed E-state index contributed by atoms with van der Waals surface area (Å²) < 4.78 is 1.14. The van der Waals surface area contributed by atoms with E-state index in [0.717, 1.165) is 17.4 Å². The van der Waals surface area contributed by atoms with E-state index in [9.17, 15) is 0 Å². The molecule has 0 aliphatic carbocycles. The summed E-state index contributed by atoms with van der Waals surface area (Å²) in [5.41, 5.74) is 1.37. The lowest BCUT2D eigenvalue weighted by Crippen LogP contribution is -2.37. The molecule has 1 fully saturated rings. The van der Waals surface area contributed by atoms with E-state index in [0.29, 0.717) is 6.04 Å². The second kappa shape index (κ2) is 4.43. The fourth-order valence-corrected chi connectivity index (χ4v) is 2.23. The van der Waals surface area contributed by atoms with Gasteiger partial charge < -0.3 is 0 Å². The van der Waals surface area contributed by atoms with Crippen molar-refractivity contribution in [1.29, 1.82) is 0 Å². The molecule has 1 atom stereocenters. The normalized spacial score (nSPS) is 22.9. The van der Waals surface area contributed by atoms with Crippen molar-refractivity contribution in [2.45, 2.75) is 25.3 Å². The summed E-state index contributed by atoms with van der Waals surface area (Å²) in [6.45, 7) is 1.04. The number of rotatable bonds is 2. The summed E-state index contributed by atoms with van der Waals surface area (Å²) in [6.07, 6.45) is 3.54. The van der Waals surface area contributed by atoms with Gasteiger partial charge in [-0.15, -0.1) is 0 Å². The summed E-state index contributed by atoms with van der Waals surface area (Å²) in [7, 11) is 0. The summed E-state index contributed by atoms with van der Waals surface area (Å²) in [5.74, 6) is 5.88. The van der Waals surface area contributed by atoms with Crippen molar-refractivity contribution in [2.24, 2.45) is 5.84 Å². The molecule has 2 N–H and O–H groups in total. The average Bonchev–Trinajstić information content (AvgIpc) is 2.56. The first-order chi connectivity index (χ1) is 6.75. The zero-order chi connectivity index (χ0) is 9.97. The van der Waals surface area contributed by atoms with Gasteiger partial charge in [0.15, 0.2) is 0 Å². The zero-order valence-corrected chi connectivity index (χ0v) is 9.70. The van der Waals surface area contributed by atoms with Crippen molar-refractivity contribution < 1.29 is 0 Å². The molecule has 2 nitrogen and oxygen atoms in total. The number of benzene rings is 1. The Balaban J connectivity index is 2.00. The highest BCUT2D eigenvalue weighted by atomic mass is 79.9. The molecule has 1 aromatic carbocycles. The molecule has 0 aromatic heterocycles. The van der Waals surface area contributed by atoms with Crippen molar-refractivity contribution in [3.05, 3.63) is 34.3 Å². The van der Waals surface area contributed by atoms with Crippen LogP contribution in [0.4, 0.5) is 0 Å². The van der Waals surface area contributed by atoms with E-state index < -0.39 is 0 Å². The molecule has 0 amide bonds. The molecule has 1 unspecified atom stereocenters. The molecule has 1 aromatic rings. The Morgan fingerprint density at radius 3 is 2.64 bits per heavy atom. The number of nitrogens with two attached hydrogens (primary N) is 1. The highest BCUT2D eigenvalue weighted by Gasteiger charge is 2.21. The number of halogens is 1. The van der Waals surface area contributed by atoms with Crippen LogP contribution in [0, 0.1) is 0 Å². The molecule has 76 valence electrons. The summed E-state index contributed by atoms with van der Waals surface area (Å²) in [6, 6.07) is 9.04. The lowest BCUT2D eigenvalue weighted by molar-refractivity contribution is 0.260. The van der Waals surface area contributed by atoms with Crippen molar-refractivity contribution >= 4 is 15.9 Å². The van der Waals surface area contributed by atoms with Crippen LogP contribution in [0.1, 0.15) is 18.4 Å². The third kappa shape index (κ3) is 2.35. The van der Waals surface area contributed by atoms with E-state index in [1.807, 2.05) is 5.01 Å². The van der Waals surface area contributed by atoms with Gasteiger partial charge >= 0.3 is 0 Å². The van der Waals surface area contributed by atoms with Gasteiger partial charge in [-0.05, 0) is 37.0 Å². The first-order valence-corrected chi connectivity index (χ1v) is 5.81. The minimum absolute atomic E-state index is 0.538. The van der Waals surface area contributed by atoms with Gasteiger partial charge in [0.25, 0.3) is 0 Å². The minimum atomic E-state index is 0.538. The first-order valence-electron chi connectivity index (χ1n) is 5.01.